The molecule has 1 heterocycles. The molecule has 0 saturated carbocycles. The van der Waals surface area contributed by atoms with Gasteiger partial charge in [-0.1, -0.05) is 23.7 Å². The van der Waals surface area contributed by atoms with E-state index in [1.165, 1.54) is 24.3 Å². The molecule has 4 rings (SSSR count). The highest BCUT2D eigenvalue weighted by Crippen LogP contribution is 2.31. The fraction of sp³-hybridized carbons (Fsp3) is 0.0952. The van der Waals surface area contributed by atoms with E-state index in [1.54, 1.807) is 42.5 Å². The van der Waals surface area contributed by atoms with Gasteiger partial charge in [-0.25, -0.2) is 8.42 Å². The Balaban J connectivity index is 1.41. The van der Waals surface area contributed by atoms with Gasteiger partial charge in [-0.05, 0) is 60.7 Å². The third-order valence-corrected chi connectivity index (χ3v) is 5.98. The molecule has 0 unspecified atom stereocenters. The van der Waals surface area contributed by atoms with Crippen LogP contribution < -0.4 is 19.5 Å². The summed E-state index contributed by atoms with van der Waals surface area (Å²) in [6.45, 7) is 0.0837. The average Bonchev–Trinajstić information content (AvgIpc) is 2.75. The number of hydrogen-bond acceptors (Lipinski definition) is 5. The molecule has 1 aliphatic rings. The molecule has 1 amide bonds. The molecule has 2 N–H and O–H groups in total. The van der Waals surface area contributed by atoms with Crippen molar-refractivity contribution in [2.75, 3.05) is 16.6 Å². The van der Waals surface area contributed by atoms with Crippen LogP contribution in [0.3, 0.4) is 0 Å². The van der Waals surface area contributed by atoms with E-state index in [-0.39, 0.29) is 17.4 Å². The number of amides is 1. The smallest absolute Gasteiger partial charge is 0.269 e. The maximum absolute atomic E-state index is 12.5. The molecule has 7 nitrogen and oxygen atoms in total. The third-order valence-electron chi connectivity index (χ3n) is 4.33. The lowest BCUT2D eigenvalue weighted by molar-refractivity contribution is -0.125. The van der Waals surface area contributed by atoms with E-state index in [1.807, 2.05) is 6.07 Å². The molecule has 0 fully saturated rings. The molecule has 9 heteroatoms. The summed E-state index contributed by atoms with van der Waals surface area (Å²) < 4.78 is 38.7. The van der Waals surface area contributed by atoms with Crippen molar-refractivity contribution < 1.29 is 22.7 Å². The maximum atomic E-state index is 12.5. The average molecular weight is 445 g/mol. The summed E-state index contributed by atoms with van der Waals surface area (Å²) in [6, 6.07) is 19.2. The summed E-state index contributed by atoms with van der Waals surface area (Å²) in [5.41, 5.74) is 0.833. The van der Waals surface area contributed by atoms with Crippen molar-refractivity contribution in [1.29, 1.82) is 0 Å². The van der Waals surface area contributed by atoms with Gasteiger partial charge in [0.1, 0.15) is 6.61 Å². The van der Waals surface area contributed by atoms with Crippen molar-refractivity contribution in [3.8, 4) is 11.5 Å². The normalized spacial score (nSPS) is 15.3. The predicted octanol–water partition coefficient (Wildman–Crippen LogP) is 3.92. The Labute approximate surface area is 178 Å². The Morgan fingerprint density at radius 3 is 2.23 bits per heavy atom. The summed E-state index contributed by atoms with van der Waals surface area (Å²) >= 11 is 5.81. The first-order valence-electron chi connectivity index (χ1n) is 8.98. The number of benzene rings is 3. The van der Waals surface area contributed by atoms with Gasteiger partial charge in [0, 0.05) is 16.4 Å². The minimum absolute atomic E-state index is 0.0571. The van der Waals surface area contributed by atoms with E-state index in [0.29, 0.717) is 27.9 Å². The first-order valence-corrected chi connectivity index (χ1v) is 10.8. The van der Waals surface area contributed by atoms with Crippen LogP contribution in [-0.4, -0.2) is 27.0 Å². The zero-order valence-corrected chi connectivity index (χ0v) is 17.1. The lowest BCUT2D eigenvalue weighted by atomic mass is 10.2. The largest absolute Gasteiger partial charge is 0.485 e. The summed E-state index contributed by atoms with van der Waals surface area (Å²) in [7, 11) is -3.78. The standard InChI is InChI=1S/C21H17ClN2O5S/c22-14-5-7-16(8-6-14)24-30(26,27)17-11-9-15(10-12-17)23-21(25)20-13-28-18-3-1-2-4-19(18)29-20/h1-12,20,24H,13H2,(H,23,25)/t20-/m1/s1. The topological polar surface area (TPSA) is 93.7 Å². The number of carbonyl (C=O) groups excluding carboxylic acids is 1. The van der Waals surface area contributed by atoms with E-state index in [2.05, 4.69) is 10.0 Å². The monoisotopic (exact) mass is 444 g/mol. The van der Waals surface area contributed by atoms with E-state index >= 15 is 0 Å². The van der Waals surface area contributed by atoms with Gasteiger partial charge >= 0.3 is 0 Å². The summed E-state index contributed by atoms with van der Waals surface area (Å²) in [6.07, 6.45) is -0.810. The fourth-order valence-corrected chi connectivity index (χ4v) is 4.01. The first-order chi connectivity index (χ1) is 14.4. The summed E-state index contributed by atoms with van der Waals surface area (Å²) in [5, 5.41) is 3.21. The number of anilines is 2. The van der Waals surface area contributed by atoms with Gasteiger partial charge in [0.05, 0.1) is 4.90 Å². The van der Waals surface area contributed by atoms with Crippen LogP contribution in [0.15, 0.2) is 77.7 Å². The molecule has 0 radical (unpaired) electrons. The number of halogens is 1. The van der Waals surface area contributed by atoms with Crippen LogP contribution in [0.4, 0.5) is 11.4 Å². The molecule has 3 aromatic carbocycles. The van der Waals surface area contributed by atoms with Gasteiger partial charge in [-0.3, -0.25) is 9.52 Å². The zero-order valence-electron chi connectivity index (χ0n) is 15.5. The molecule has 0 bridgehead atoms. The molecule has 1 aliphatic heterocycles. The van der Waals surface area contributed by atoms with Crippen LogP contribution in [0.25, 0.3) is 0 Å². The van der Waals surface area contributed by atoms with Crippen molar-refractivity contribution in [2.45, 2.75) is 11.0 Å². The Kier molecular flexibility index (Phi) is 5.52. The molecule has 3 aromatic rings. The summed E-state index contributed by atoms with van der Waals surface area (Å²) in [5.74, 6) is 0.697. The van der Waals surface area contributed by atoms with Crippen molar-refractivity contribution in [2.24, 2.45) is 0 Å². The molecular weight excluding hydrogens is 428 g/mol. The SMILES string of the molecule is O=C(Nc1ccc(S(=O)(=O)Nc2ccc(Cl)cc2)cc1)[C@H]1COc2ccccc2O1. The quantitative estimate of drug-likeness (QED) is 0.622. The van der Waals surface area contributed by atoms with Crippen LogP contribution in [-0.2, 0) is 14.8 Å². The Hall–Kier alpha value is -3.23. The maximum Gasteiger partial charge on any atom is 0.269 e. The zero-order chi connectivity index (χ0) is 21.1. The lowest BCUT2D eigenvalue weighted by Crippen LogP contribution is -2.40. The molecule has 154 valence electrons. The number of nitrogens with one attached hydrogen (secondary N) is 2. The molecule has 1 atom stereocenters. The minimum Gasteiger partial charge on any atom is -0.485 e. The molecule has 0 spiro atoms. The van der Waals surface area contributed by atoms with Gasteiger partial charge in [-0.15, -0.1) is 0 Å². The molecular formula is C21H17ClN2O5S. The van der Waals surface area contributed by atoms with Crippen LogP contribution in [0.2, 0.25) is 5.02 Å². The fourth-order valence-electron chi connectivity index (χ4n) is 2.82. The number of rotatable bonds is 5. The number of hydrogen-bond donors (Lipinski definition) is 2. The van der Waals surface area contributed by atoms with E-state index in [0.717, 1.165) is 0 Å². The van der Waals surface area contributed by atoms with Crippen molar-refractivity contribution in [1.82, 2.24) is 0 Å². The second-order valence-electron chi connectivity index (χ2n) is 6.49. The number of fused-ring (bicyclic) bond motifs is 1. The van der Waals surface area contributed by atoms with Gasteiger partial charge in [0.25, 0.3) is 15.9 Å². The molecule has 0 aromatic heterocycles. The van der Waals surface area contributed by atoms with Crippen LogP contribution in [0.1, 0.15) is 0 Å². The number of sulfonamides is 1. The Morgan fingerprint density at radius 1 is 0.900 bits per heavy atom. The highest BCUT2D eigenvalue weighted by Gasteiger charge is 2.27. The number of ether oxygens (including phenoxy) is 2. The Morgan fingerprint density at radius 2 is 1.53 bits per heavy atom. The molecule has 0 saturated heterocycles. The predicted molar refractivity (Wildman–Crippen MR) is 114 cm³/mol. The Bertz CT molecular complexity index is 1160. The van der Waals surface area contributed by atoms with Crippen molar-refractivity contribution in [3.63, 3.8) is 0 Å². The highest BCUT2D eigenvalue weighted by molar-refractivity contribution is 7.92. The number of para-hydroxylation sites is 2. The van der Waals surface area contributed by atoms with Crippen LogP contribution in [0, 0.1) is 0 Å². The van der Waals surface area contributed by atoms with Crippen molar-refractivity contribution >= 4 is 38.9 Å². The van der Waals surface area contributed by atoms with Crippen LogP contribution >= 0.6 is 11.6 Å². The van der Waals surface area contributed by atoms with E-state index in [4.69, 9.17) is 21.1 Å². The minimum atomic E-state index is -3.78. The third kappa shape index (κ3) is 4.50. The number of carbonyl (C=O) groups is 1. The summed E-state index contributed by atoms with van der Waals surface area (Å²) in [4.78, 5) is 12.5. The van der Waals surface area contributed by atoms with Gasteiger partial charge in [0.15, 0.2) is 11.5 Å². The van der Waals surface area contributed by atoms with Crippen LogP contribution in [0.5, 0.6) is 11.5 Å². The molecule has 30 heavy (non-hydrogen) atoms. The van der Waals surface area contributed by atoms with Crippen molar-refractivity contribution in [3.05, 3.63) is 77.8 Å². The second-order valence-corrected chi connectivity index (χ2v) is 8.61. The van der Waals surface area contributed by atoms with Gasteiger partial charge in [0.2, 0.25) is 6.10 Å². The lowest BCUT2D eigenvalue weighted by Gasteiger charge is -2.25. The molecule has 0 aliphatic carbocycles. The van der Waals surface area contributed by atoms with Gasteiger partial charge < -0.3 is 14.8 Å². The van der Waals surface area contributed by atoms with E-state index < -0.39 is 16.1 Å². The second kappa shape index (κ2) is 8.25. The highest BCUT2D eigenvalue weighted by atomic mass is 35.5. The van der Waals surface area contributed by atoms with Gasteiger partial charge in [-0.2, -0.15) is 0 Å². The van der Waals surface area contributed by atoms with E-state index in [9.17, 15) is 13.2 Å². The first kappa shape index (κ1) is 20.1.